The Kier molecular flexibility index (Phi) is 8.38. The molecule has 2 unspecified atom stereocenters. The van der Waals surface area contributed by atoms with Crippen molar-refractivity contribution in [2.45, 2.75) is 13.3 Å². The van der Waals surface area contributed by atoms with Crippen LogP contribution in [-0.4, -0.2) is 58.2 Å². The summed E-state index contributed by atoms with van der Waals surface area (Å²) in [7, 11) is 8.15. The Balaban J connectivity index is 0.000000299. The lowest BCUT2D eigenvalue weighted by atomic mass is 9.86. The van der Waals surface area contributed by atoms with E-state index in [-0.39, 0.29) is 10.8 Å². The maximum absolute atomic E-state index is 8.00. The quantitative estimate of drug-likeness (QED) is 0.799. The molecule has 2 aliphatic carbocycles. The van der Waals surface area contributed by atoms with E-state index in [2.05, 4.69) is 74.4 Å². The van der Waals surface area contributed by atoms with Crippen LogP contribution < -0.4 is 0 Å². The minimum Gasteiger partial charge on any atom is -0.497 e. The number of nitrogens with zero attached hydrogens (tertiary/aromatic N) is 2. The van der Waals surface area contributed by atoms with Crippen LogP contribution >= 0.6 is 0 Å². The summed E-state index contributed by atoms with van der Waals surface area (Å²) in [5.41, 5.74) is 3.20. The van der Waals surface area contributed by atoms with Gasteiger partial charge in [-0.05, 0) is 33.5 Å². The smallest absolute Gasteiger partial charge is 0.117 e. The fraction of sp³-hybridized carbons (Fsp3) is 0.391. The molecule has 152 valence electrons. The summed E-state index contributed by atoms with van der Waals surface area (Å²) >= 11 is 0. The first-order chi connectivity index (χ1) is 13.4. The van der Waals surface area contributed by atoms with Crippen LogP contribution in [0.15, 0.2) is 66.2 Å². The minimum absolute atomic E-state index is 0.243. The fourth-order valence-electron chi connectivity index (χ4n) is 4.06. The van der Waals surface area contributed by atoms with Crippen molar-refractivity contribution in [1.82, 2.24) is 9.80 Å². The SMILES string of the molecule is C=O.C=O.COC1=CC2(CN(C)C)CC23C=CN(C)C3=C1.Cc1ccccc1. The highest BCUT2D eigenvalue weighted by Crippen LogP contribution is 2.73. The molecule has 1 saturated carbocycles. The molecule has 1 aromatic rings. The van der Waals surface area contributed by atoms with Gasteiger partial charge < -0.3 is 24.1 Å². The van der Waals surface area contributed by atoms with E-state index in [1.165, 1.54) is 17.7 Å². The van der Waals surface area contributed by atoms with Gasteiger partial charge in [-0.3, -0.25) is 0 Å². The number of allylic oxidation sites excluding steroid dienone is 2. The van der Waals surface area contributed by atoms with Gasteiger partial charge in [0.2, 0.25) is 0 Å². The molecule has 5 nitrogen and oxygen atoms in total. The number of ether oxygens (including phenoxy) is 1. The summed E-state index contributed by atoms with van der Waals surface area (Å²) in [6.45, 7) is 7.16. The lowest BCUT2D eigenvalue weighted by molar-refractivity contribution is -0.0987. The van der Waals surface area contributed by atoms with Gasteiger partial charge in [0.25, 0.3) is 0 Å². The van der Waals surface area contributed by atoms with E-state index in [1.54, 1.807) is 7.11 Å². The maximum Gasteiger partial charge on any atom is 0.117 e. The lowest BCUT2D eigenvalue weighted by Crippen LogP contribution is -2.29. The van der Waals surface area contributed by atoms with E-state index < -0.39 is 0 Å². The zero-order chi connectivity index (χ0) is 21.4. The van der Waals surface area contributed by atoms with Crippen LogP contribution in [0.3, 0.4) is 0 Å². The van der Waals surface area contributed by atoms with E-state index in [9.17, 15) is 0 Å². The van der Waals surface area contributed by atoms with Crippen molar-refractivity contribution in [3.63, 3.8) is 0 Å². The second kappa shape index (κ2) is 10.0. The first-order valence-electron chi connectivity index (χ1n) is 9.08. The highest BCUT2D eigenvalue weighted by atomic mass is 16.5. The highest BCUT2D eigenvalue weighted by molar-refractivity contribution is 5.52. The Bertz CT molecular complexity index is 725. The number of carbonyl (C=O) groups is 2. The van der Waals surface area contributed by atoms with Crippen LogP contribution in [-0.2, 0) is 14.3 Å². The van der Waals surface area contributed by atoms with E-state index in [1.807, 2.05) is 31.8 Å². The molecule has 28 heavy (non-hydrogen) atoms. The molecule has 2 atom stereocenters. The predicted octanol–water partition coefficient (Wildman–Crippen LogP) is 3.44. The monoisotopic (exact) mass is 384 g/mol. The van der Waals surface area contributed by atoms with E-state index in [4.69, 9.17) is 14.3 Å². The number of methoxy groups -OCH3 is 1. The third-order valence-electron chi connectivity index (χ3n) is 5.25. The van der Waals surface area contributed by atoms with Gasteiger partial charge in [0.05, 0.1) is 7.11 Å². The molecular formula is C23H32N2O3. The molecule has 4 rings (SSSR count). The third kappa shape index (κ3) is 4.60. The van der Waals surface area contributed by atoms with Crippen molar-refractivity contribution in [3.8, 4) is 0 Å². The third-order valence-corrected chi connectivity index (χ3v) is 5.25. The Labute approximate surface area is 169 Å². The van der Waals surface area contributed by atoms with Crippen molar-refractivity contribution in [3.05, 3.63) is 71.8 Å². The second-order valence-corrected chi connectivity index (χ2v) is 7.40. The minimum atomic E-state index is 0.243. The number of carbonyl (C=O) groups excluding carboxylic acids is 2. The Morgan fingerprint density at radius 1 is 1.14 bits per heavy atom. The average Bonchev–Trinajstić information content (AvgIpc) is 3.25. The maximum atomic E-state index is 8.00. The van der Waals surface area contributed by atoms with Gasteiger partial charge in [0.1, 0.15) is 19.3 Å². The number of hydrogen-bond acceptors (Lipinski definition) is 5. The largest absolute Gasteiger partial charge is 0.497 e. The average molecular weight is 385 g/mol. The zero-order valence-electron chi connectivity index (χ0n) is 17.6. The lowest BCUT2D eigenvalue weighted by Gasteiger charge is -2.29. The molecule has 0 aromatic heterocycles. The summed E-state index contributed by atoms with van der Waals surface area (Å²) in [4.78, 5) is 20.5. The number of hydrogen-bond donors (Lipinski definition) is 0. The molecule has 5 heteroatoms. The van der Waals surface area contributed by atoms with Gasteiger partial charge in [0, 0.05) is 42.4 Å². The Morgan fingerprint density at radius 2 is 1.75 bits per heavy atom. The molecular weight excluding hydrogens is 352 g/mol. The fourth-order valence-corrected chi connectivity index (χ4v) is 4.06. The zero-order valence-corrected chi connectivity index (χ0v) is 17.6. The molecule has 0 N–H and O–H groups in total. The summed E-state index contributed by atoms with van der Waals surface area (Å²) in [5.74, 6) is 1.01. The normalized spacial score (nSPS) is 25.3. The summed E-state index contributed by atoms with van der Waals surface area (Å²) in [5, 5.41) is 0. The van der Waals surface area contributed by atoms with Crippen molar-refractivity contribution in [2.24, 2.45) is 10.8 Å². The second-order valence-electron chi connectivity index (χ2n) is 7.40. The number of aryl methyl sites for hydroxylation is 1. The van der Waals surface area contributed by atoms with Crippen LogP contribution in [0.2, 0.25) is 0 Å². The van der Waals surface area contributed by atoms with Crippen molar-refractivity contribution < 1.29 is 14.3 Å². The Hall–Kier alpha value is -2.66. The van der Waals surface area contributed by atoms with Gasteiger partial charge in [0.15, 0.2) is 0 Å². The van der Waals surface area contributed by atoms with Crippen LogP contribution in [0.1, 0.15) is 12.0 Å². The first kappa shape index (κ1) is 23.4. The number of rotatable bonds is 3. The van der Waals surface area contributed by atoms with Gasteiger partial charge >= 0.3 is 0 Å². The Morgan fingerprint density at radius 3 is 2.21 bits per heavy atom. The van der Waals surface area contributed by atoms with E-state index in [0.29, 0.717) is 0 Å². The molecule has 0 bridgehead atoms. The van der Waals surface area contributed by atoms with Crippen molar-refractivity contribution in [1.29, 1.82) is 0 Å². The predicted molar refractivity (Wildman–Crippen MR) is 114 cm³/mol. The first-order valence-corrected chi connectivity index (χ1v) is 9.08. The van der Waals surface area contributed by atoms with Gasteiger partial charge in [-0.2, -0.15) is 0 Å². The van der Waals surface area contributed by atoms with Crippen LogP contribution in [0.25, 0.3) is 0 Å². The van der Waals surface area contributed by atoms with E-state index in [0.717, 1.165) is 12.3 Å². The van der Waals surface area contributed by atoms with Gasteiger partial charge in [-0.15, -0.1) is 0 Å². The summed E-state index contributed by atoms with van der Waals surface area (Å²) in [6, 6.07) is 10.3. The van der Waals surface area contributed by atoms with Crippen LogP contribution in [0.5, 0.6) is 0 Å². The molecule has 0 radical (unpaired) electrons. The topological polar surface area (TPSA) is 49.9 Å². The van der Waals surface area contributed by atoms with Gasteiger partial charge in [-0.25, -0.2) is 0 Å². The summed E-state index contributed by atoms with van der Waals surface area (Å²) in [6.07, 6.45) is 10.3. The van der Waals surface area contributed by atoms with Gasteiger partial charge in [-0.1, -0.05) is 42.0 Å². The molecule has 0 amide bonds. The van der Waals surface area contributed by atoms with E-state index >= 15 is 0 Å². The van der Waals surface area contributed by atoms with Crippen molar-refractivity contribution >= 4 is 13.6 Å². The molecule has 1 spiro atoms. The van der Waals surface area contributed by atoms with Crippen LogP contribution in [0.4, 0.5) is 0 Å². The van der Waals surface area contributed by atoms with Crippen molar-refractivity contribution in [2.75, 3.05) is 34.8 Å². The molecule has 1 fully saturated rings. The molecule has 1 aromatic carbocycles. The molecule has 1 aliphatic heterocycles. The standard InChI is InChI=1S/C14H20N2O.C7H8.2CH2O/c1-15(2)10-13-8-11(17-4)7-12-14(13,9-13)5-6-16(12)3;1-7-5-3-2-4-6-7;2*1-2/h5-8H,9-10H2,1-4H3;2-6H,1H3;2*1H2. The molecule has 0 saturated heterocycles. The summed E-state index contributed by atoms with van der Waals surface area (Å²) < 4.78 is 5.46. The van der Waals surface area contributed by atoms with Crippen LogP contribution in [0, 0.1) is 17.8 Å². The number of benzene rings is 1. The molecule has 3 aliphatic rings. The molecule has 1 heterocycles. The highest BCUT2D eigenvalue weighted by Gasteiger charge is 2.70.